The molecule has 1 N–H and O–H groups in total. The minimum atomic E-state index is -0.895. The Morgan fingerprint density at radius 3 is 2.60 bits per heavy atom. The highest BCUT2D eigenvalue weighted by Crippen LogP contribution is 2.25. The van der Waals surface area contributed by atoms with Crippen LogP contribution in [0.15, 0.2) is 18.3 Å². The fourth-order valence-corrected chi connectivity index (χ4v) is 2.74. The van der Waals surface area contributed by atoms with Gasteiger partial charge in [0, 0.05) is 31.2 Å². The van der Waals surface area contributed by atoms with E-state index in [9.17, 15) is 9.59 Å². The summed E-state index contributed by atoms with van der Waals surface area (Å²) in [6.45, 7) is 5.41. The van der Waals surface area contributed by atoms with Gasteiger partial charge >= 0.3 is 5.97 Å². The SMILES string of the molecule is CCC(C)C(=O)N1CCC(n2cccc2C(=O)O)CC1. The maximum absolute atomic E-state index is 12.1. The van der Waals surface area contributed by atoms with Crippen LogP contribution in [-0.2, 0) is 4.79 Å². The molecule has 1 atom stereocenters. The van der Waals surface area contributed by atoms with Crippen molar-refractivity contribution in [3.63, 3.8) is 0 Å². The Balaban J connectivity index is 1.99. The summed E-state index contributed by atoms with van der Waals surface area (Å²) in [5.41, 5.74) is 0.330. The van der Waals surface area contributed by atoms with E-state index >= 15 is 0 Å². The van der Waals surface area contributed by atoms with Crippen LogP contribution in [0.4, 0.5) is 0 Å². The smallest absolute Gasteiger partial charge is 0.352 e. The highest BCUT2D eigenvalue weighted by atomic mass is 16.4. The van der Waals surface area contributed by atoms with Crippen molar-refractivity contribution in [1.82, 2.24) is 9.47 Å². The largest absolute Gasteiger partial charge is 0.477 e. The number of piperidine rings is 1. The van der Waals surface area contributed by atoms with Crippen molar-refractivity contribution < 1.29 is 14.7 Å². The van der Waals surface area contributed by atoms with E-state index in [0.717, 1.165) is 19.3 Å². The number of carbonyl (C=O) groups is 2. The van der Waals surface area contributed by atoms with Crippen LogP contribution in [0.1, 0.15) is 49.6 Å². The zero-order chi connectivity index (χ0) is 14.7. The first-order chi connectivity index (χ1) is 9.54. The minimum Gasteiger partial charge on any atom is -0.477 e. The average molecular weight is 278 g/mol. The molecule has 0 radical (unpaired) electrons. The summed E-state index contributed by atoms with van der Waals surface area (Å²) in [6, 6.07) is 3.57. The molecule has 1 aliphatic heterocycles. The van der Waals surface area contributed by atoms with Crippen molar-refractivity contribution in [1.29, 1.82) is 0 Å². The second-order valence-electron chi connectivity index (χ2n) is 5.47. The standard InChI is InChI=1S/C15H22N2O3/c1-3-11(2)14(18)16-9-6-12(7-10-16)17-8-4-5-13(17)15(19)20/h4-5,8,11-12H,3,6-7,9-10H2,1-2H3,(H,19,20). The molecule has 0 aromatic carbocycles. The molecule has 0 aliphatic carbocycles. The van der Waals surface area contributed by atoms with E-state index in [-0.39, 0.29) is 17.9 Å². The third-order valence-electron chi connectivity index (χ3n) is 4.20. The van der Waals surface area contributed by atoms with Gasteiger partial charge in [-0.05, 0) is 31.4 Å². The number of nitrogens with zero attached hydrogens (tertiary/aromatic N) is 2. The molecule has 0 saturated carbocycles. The molecule has 110 valence electrons. The van der Waals surface area contributed by atoms with E-state index in [1.807, 2.05) is 29.5 Å². The molecule has 0 bridgehead atoms. The third-order valence-corrected chi connectivity index (χ3v) is 4.20. The van der Waals surface area contributed by atoms with Gasteiger partial charge in [0.15, 0.2) is 0 Å². The predicted octanol–water partition coefficient (Wildman–Crippen LogP) is 2.40. The molecule has 5 nitrogen and oxygen atoms in total. The highest BCUT2D eigenvalue weighted by molar-refractivity contribution is 5.85. The molecule has 20 heavy (non-hydrogen) atoms. The monoisotopic (exact) mass is 278 g/mol. The van der Waals surface area contributed by atoms with Crippen LogP contribution in [-0.4, -0.2) is 39.5 Å². The summed E-state index contributed by atoms with van der Waals surface area (Å²) in [7, 11) is 0. The summed E-state index contributed by atoms with van der Waals surface area (Å²) in [6.07, 6.45) is 4.31. The second kappa shape index (κ2) is 6.11. The van der Waals surface area contributed by atoms with Gasteiger partial charge in [-0.1, -0.05) is 13.8 Å². The lowest BCUT2D eigenvalue weighted by atomic mass is 10.0. The first-order valence-corrected chi connectivity index (χ1v) is 7.23. The van der Waals surface area contributed by atoms with Crippen LogP contribution in [0.5, 0.6) is 0 Å². The minimum absolute atomic E-state index is 0.0766. The number of rotatable bonds is 4. The molecule has 1 aromatic rings. The van der Waals surface area contributed by atoms with Crippen LogP contribution in [0, 0.1) is 5.92 Å². The van der Waals surface area contributed by atoms with Crippen LogP contribution in [0.2, 0.25) is 0 Å². The molecule has 1 amide bonds. The van der Waals surface area contributed by atoms with Crippen molar-refractivity contribution in [2.45, 2.75) is 39.2 Å². The van der Waals surface area contributed by atoms with E-state index < -0.39 is 5.97 Å². The van der Waals surface area contributed by atoms with E-state index in [1.54, 1.807) is 12.1 Å². The van der Waals surface area contributed by atoms with Gasteiger partial charge in [0.1, 0.15) is 5.69 Å². The van der Waals surface area contributed by atoms with Gasteiger partial charge in [-0.15, -0.1) is 0 Å². The number of aromatic nitrogens is 1. The lowest BCUT2D eigenvalue weighted by Gasteiger charge is -2.34. The zero-order valence-corrected chi connectivity index (χ0v) is 12.1. The molecule has 2 heterocycles. The van der Waals surface area contributed by atoms with Crippen molar-refractivity contribution in [2.24, 2.45) is 5.92 Å². The van der Waals surface area contributed by atoms with Crippen molar-refractivity contribution >= 4 is 11.9 Å². The third kappa shape index (κ3) is 2.86. The van der Waals surface area contributed by atoms with Gasteiger partial charge < -0.3 is 14.6 Å². The van der Waals surface area contributed by atoms with Gasteiger partial charge in [-0.2, -0.15) is 0 Å². The van der Waals surface area contributed by atoms with E-state index in [1.165, 1.54) is 0 Å². The second-order valence-corrected chi connectivity index (χ2v) is 5.47. The number of likely N-dealkylation sites (tertiary alicyclic amines) is 1. The summed E-state index contributed by atoms with van der Waals surface area (Å²) in [5, 5.41) is 9.14. The van der Waals surface area contributed by atoms with Crippen LogP contribution >= 0.6 is 0 Å². The topological polar surface area (TPSA) is 62.5 Å². The summed E-state index contributed by atoms with van der Waals surface area (Å²) in [5.74, 6) is -0.599. The number of hydrogen-bond donors (Lipinski definition) is 1. The number of carbonyl (C=O) groups excluding carboxylic acids is 1. The molecule has 1 aliphatic rings. The molecule has 1 saturated heterocycles. The summed E-state index contributed by atoms with van der Waals surface area (Å²) < 4.78 is 1.83. The first kappa shape index (κ1) is 14.6. The van der Waals surface area contributed by atoms with E-state index in [0.29, 0.717) is 18.8 Å². The van der Waals surface area contributed by atoms with Gasteiger partial charge in [0.25, 0.3) is 0 Å². The van der Waals surface area contributed by atoms with Crippen molar-refractivity contribution in [2.75, 3.05) is 13.1 Å². The molecular weight excluding hydrogens is 256 g/mol. The average Bonchev–Trinajstić information content (AvgIpc) is 2.95. The van der Waals surface area contributed by atoms with Crippen molar-refractivity contribution in [3.8, 4) is 0 Å². The lowest BCUT2D eigenvalue weighted by Crippen LogP contribution is -2.41. The van der Waals surface area contributed by atoms with Gasteiger partial charge in [0.2, 0.25) is 5.91 Å². The Hall–Kier alpha value is -1.78. The Labute approximate surface area is 119 Å². The number of aromatic carboxylic acids is 1. The quantitative estimate of drug-likeness (QED) is 0.920. The molecule has 1 unspecified atom stereocenters. The van der Waals surface area contributed by atoms with Gasteiger partial charge in [0.05, 0.1) is 0 Å². The molecular formula is C15H22N2O3. The van der Waals surface area contributed by atoms with Gasteiger partial charge in [-0.25, -0.2) is 4.79 Å². The molecule has 1 aromatic heterocycles. The van der Waals surface area contributed by atoms with Crippen LogP contribution in [0.25, 0.3) is 0 Å². The predicted molar refractivity (Wildman–Crippen MR) is 75.7 cm³/mol. The maximum Gasteiger partial charge on any atom is 0.352 e. The van der Waals surface area contributed by atoms with Gasteiger partial charge in [-0.3, -0.25) is 4.79 Å². The number of amides is 1. The molecule has 5 heteroatoms. The molecule has 2 rings (SSSR count). The Kier molecular flexibility index (Phi) is 4.47. The highest BCUT2D eigenvalue weighted by Gasteiger charge is 2.27. The maximum atomic E-state index is 12.1. The molecule has 1 fully saturated rings. The Bertz CT molecular complexity index is 487. The normalized spacial score (nSPS) is 18.0. The van der Waals surface area contributed by atoms with Crippen LogP contribution < -0.4 is 0 Å². The number of hydrogen-bond acceptors (Lipinski definition) is 2. The Morgan fingerprint density at radius 2 is 2.05 bits per heavy atom. The Morgan fingerprint density at radius 1 is 1.40 bits per heavy atom. The lowest BCUT2D eigenvalue weighted by molar-refractivity contribution is -0.136. The zero-order valence-electron chi connectivity index (χ0n) is 12.1. The molecule has 0 spiro atoms. The van der Waals surface area contributed by atoms with Crippen LogP contribution in [0.3, 0.4) is 0 Å². The summed E-state index contributed by atoms with van der Waals surface area (Å²) >= 11 is 0. The fraction of sp³-hybridized carbons (Fsp3) is 0.600. The van der Waals surface area contributed by atoms with E-state index in [2.05, 4.69) is 0 Å². The summed E-state index contributed by atoms with van der Waals surface area (Å²) in [4.78, 5) is 25.2. The fourth-order valence-electron chi connectivity index (χ4n) is 2.74. The first-order valence-electron chi connectivity index (χ1n) is 7.23. The number of carboxylic acid groups (broad SMARTS) is 1. The number of carboxylic acids is 1. The van der Waals surface area contributed by atoms with Crippen molar-refractivity contribution in [3.05, 3.63) is 24.0 Å². The van der Waals surface area contributed by atoms with E-state index in [4.69, 9.17) is 5.11 Å².